The zero-order chi connectivity index (χ0) is 18.4. The minimum atomic E-state index is -0.513. The summed E-state index contributed by atoms with van der Waals surface area (Å²) in [6, 6.07) is 8.01. The Bertz CT molecular complexity index is 773. The highest BCUT2D eigenvalue weighted by Gasteiger charge is 2.20. The van der Waals surface area contributed by atoms with Gasteiger partial charge in [-0.1, -0.05) is 23.7 Å². The molecule has 0 radical (unpaired) electrons. The molecular formula is C17H17ClN2O4S. The summed E-state index contributed by atoms with van der Waals surface area (Å²) < 4.78 is 4.68. The second kappa shape index (κ2) is 8.64. The van der Waals surface area contributed by atoms with E-state index in [0.29, 0.717) is 15.6 Å². The second-order valence-corrected chi connectivity index (χ2v) is 6.56. The first-order valence-corrected chi connectivity index (χ1v) is 8.64. The quantitative estimate of drug-likeness (QED) is 0.752. The van der Waals surface area contributed by atoms with E-state index in [0.717, 1.165) is 5.56 Å². The lowest BCUT2D eigenvalue weighted by atomic mass is 10.0. The Morgan fingerprint density at radius 3 is 2.48 bits per heavy atom. The molecule has 0 aliphatic rings. The van der Waals surface area contributed by atoms with E-state index in [4.69, 9.17) is 11.6 Å². The van der Waals surface area contributed by atoms with E-state index < -0.39 is 12.0 Å². The predicted molar refractivity (Wildman–Crippen MR) is 96.9 cm³/mol. The highest BCUT2D eigenvalue weighted by molar-refractivity contribution is 7.12. The Morgan fingerprint density at radius 1 is 1.20 bits per heavy atom. The second-order valence-electron chi connectivity index (χ2n) is 5.21. The average molecular weight is 381 g/mol. The third-order valence-electron chi connectivity index (χ3n) is 3.35. The molecule has 6 nitrogen and oxygen atoms in total. The molecule has 8 heteroatoms. The van der Waals surface area contributed by atoms with Gasteiger partial charge in [0.25, 0.3) is 0 Å². The molecule has 0 spiro atoms. The summed E-state index contributed by atoms with van der Waals surface area (Å²) in [7, 11) is 1.28. The summed E-state index contributed by atoms with van der Waals surface area (Å²) in [6.07, 6.45) is 0.0116. The smallest absolute Gasteiger partial charge is 0.350 e. The SMILES string of the molecule is COC(=O)c1sccc1NC(=O)CC(NC(C)=O)c1ccc(Cl)cc1. The lowest BCUT2D eigenvalue weighted by molar-refractivity contribution is -0.120. The lowest BCUT2D eigenvalue weighted by Gasteiger charge is -2.18. The van der Waals surface area contributed by atoms with E-state index in [-0.39, 0.29) is 18.2 Å². The third kappa shape index (κ3) is 5.30. The van der Waals surface area contributed by atoms with Gasteiger partial charge in [-0.15, -0.1) is 11.3 Å². The zero-order valence-electron chi connectivity index (χ0n) is 13.7. The van der Waals surface area contributed by atoms with E-state index in [1.807, 2.05) is 0 Å². The van der Waals surface area contributed by atoms with Gasteiger partial charge in [0.1, 0.15) is 4.88 Å². The van der Waals surface area contributed by atoms with Crippen LogP contribution in [-0.2, 0) is 14.3 Å². The molecule has 2 rings (SSSR count). The van der Waals surface area contributed by atoms with E-state index in [1.165, 1.54) is 25.4 Å². The molecule has 2 N–H and O–H groups in total. The largest absolute Gasteiger partial charge is 0.465 e. The number of carbonyl (C=O) groups is 3. The van der Waals surface area contributed by atoms with Gasteiger partial charge in [-0.3, -0.25) is 9.59 Å². The monoisotopic (exact) mass is 380 g/mol. The first-order valence-electron chi connectivity index (χ1n) is 7.39. The number of amides is 2. The molecule has 2 aromatic rings. The third-order valence-corrected chi connectivity index (χ3v) is 4.50. The van der Waals surface area contributed by atoms with E-state index >= 15 is 0 Å². The number of ether oxygens (including phenoxy) is 1. The Kier molecular flexibility index (Phi) is 6.55. The molecule has 132 valence electrons. The van der Waals surface area contributed by atoms with Gasteiger partial charge < -0.3 is 15.4 Å². The minimum Gasteiger partial charge on any atom is -0.465 e. The summed E-state index contributed by atoms with van der Waals surface area (Å²) >= 11 is 7.05. The normalized spacial score (nSPS) is 11.5. The van der Waals surface area contributed by atoms with Crippen molar-refractivity contribution in [2.75, 3.05) is 12.4 Å². The summed E-state index contributed by atoms with van der Waals surface area (Å²) in [4.78, 5) is 35.8. The maximum atomic E-state index is 12.4. The minimum absolute atomic E-state index is 0.0116. The Morgan fingerprint density at radius 2 is 1.88 bits per heavy atom. The molecule has 1 atom stereocenters. The summed E-state index contributed by atoms with van der Waals surface area (Å²) in [6.45, 7) is 1.38. The Labute approximate surface area is 154 Å². The molecule has 1 unspecified atom stereocenters. The van der Waals surface area contributed by atoms with Gasteiger partial charge in [0.2, 0.25) is 11.8 Å². The van der Waals surface area contributed by atoms with Crippen LogP contribution in [-0.4, -0.2) is 24.9 Å². The van der Waals surface area contributed by atoms with Gasteiger partial charge in [0.05, 0.1) is 25.3 Å². The van der Waals surface area contributed by atoms with Gasteiger partial charge in [-0.05, 0) is 29.1 Å². The van der Waals surface area contributed by atoms with Crippen LogP contribution in [0.3, 0.4) is 0 Å². The number of hydrogen-bond donors (Lipinski definition) is 2. The van der Waals surface area contributed by atoms with Crippen LogP contribution in [0.25, 0.3) is 0 Å². The molecule has 0 bridgehead atoms. The van der Waals surface area contributed by atoms with Crippen LogP contribution in [0.15, 0.2) is 35.7 Å². The number of hydrogen-bond acceptors (Lipinski definition) is 5. The number of halogens is 1. The van der Waals surface area contributed by atoms with E-state index in [2.05, 4.69) is 15.4 Å². The number of carbonyl (C=O) groups excluding carboxylic acids is 3. The molecule has 0 saturated carbocycles. The van der Waals surface area contributed by atoms with Crippen molar-refractivity contribution in [3.8, 4) is 0 Å². The number of anilines is 1. The zero-order valence-corrected chi connectivity index (χ0v) is 15.2. The van der Waals surface area contributed by atoms with Crippen molar-refractivity contribution in [1.29, 1.82) is 0 Å². The predicted octanol–water partition coefficient (Wildman–Crippen LogP) is 3.39. The molecule has 25 heavy (non-hydrogen) atoms. The molecule has 2 amide bonds. The van der Waals surface area contributed by atoms with Crippen molar-refractivity contribution in [3.63, 3.8) is 0 Å². The van der Waals surface area contributed by atoms with Crippen molar-refractivity contribution < 1.29 is 19.1 Å². The van der Waals surface area contributed by atoms with Crippen molar-refractivity contribution in [3.05, 3.63) is 51.2 Å². The van der Waals surface area contributed by atoms with Gasteiger partial charge in [-0.2, -0.15) is 0 Å². The van der Waals surface area contributed by atoms with Crippen LogP contribution < -0.4 is 10.6 Å². The molecule has 0 saturated heterocycles. The molecule has 0 fully saturated rings. The number of esters is 1. The fourth-order valence-electron chi connectivity index (χ4n) is 2.24. The fraction of sp³-hybridized carbons (Fsp3) is 0.235. The highest BCUT2D eigenvalue weighted by atomic mass is 35.5. The maximum Gasteiger partial charge on any atom is 0.350 e. The number of methoxy groups -OCH3 is 1. The number of rotatable bonds is 6. The Hall–Kier alpha value is -2.38. The molecule has 0 aliphatic carbocycles. The van der Waals surface area contributed by atoms with Crippen molar-refractivity contribution in [2.24, 2.45) is 0 Å². The fourth-order valence-corrected chi connectivity index (χ4v) is 3.13. The summed E-state index contributed by atoms with van der Waals surface area (Å²) in [5, 5.41) is 7.68. The van der Waals surface area contributed by atoms with E-state index in [9.17, 15) is 14.4 Å². The van der Waals surface area contributed by atoms with Crippen molar-refractivity contribution in [1.82, 2.24) is 5.32 Å². The molecule has 1 heterocycles. The molecular weight excluding hydrogens is 364 g/mol. The first-order chi connectivity index (χ1) is 11.9. The molecule has 0 aliphatic heterocycles. The number of benzene rings is 1. The van der Waals surface area contributed by atoms with Gasteiger partial charge in [0, 0.05) is 11.9 Å². The van der Waals surface area contributed by atoms with E-state index in [1.54, 1.807) is 35.7 Å². The van der Waals surface area contributed by atoms with Gasteiger partial charge in [0.15, 0.2) is 0 Å². The van der Waals surface area contributed by atoms with Gasteiger partial charge >= 0.3 is 5.97 Å². The molecule has 1 aromatic carbocycles. The number of thiophene rings is 1. The van der Waals surface area contributed by atoms with Crippen LogP contribution in [0.2, 0.25) is 5.02 Å². The van der Waals surface area contributed by atoms with Crippen LogP contribution in [0.1, 0.15) is 34.6 Å². The van der Waals surface area contributed by atoms with Gasteiger partial charge in [-0.25, -0.2) is 4.79 Å². The summed E-state index contributed by atoms with van der Waals surface area (Å²) in [5.41, 5.74) is 1.15. The highest BCUT2D eigenvalue weighted by Crippen LogP contribution is 2.25. The summed E-state index contributed by atoms with van der Waals surface area (Å²) in [5.74, 6) is -1.10. The molecule has 1 aromatic heterocycles. The topological polar surface area (TPSA) is 84.5 Å². The maximum absolute atomic E-state index is 12.4. The lowest BCUT2D eigenvalue weighted by Crippen LogP contribution is -2.29. The number of nitrogens with one attached hydrogen (secondary N) is 2. The first kappa shape index (κ1) is 19.0. The average Bonchev–Trinajstić information content (AvgIpc) is 3.01. The van der Waals surface area contributed by atoms with Crippen LogP contribution in [0.5, 0.6) is 0 Å². The van der Waals surface area contributed by atoms with Crippen LogP contribution in [0.4, 0.5) is 5.69 Å². The van der Waals surface area contributed by atoms with Crippen LogP contribution in [0, 0.1) is 0 Å². The Balaban J connectivity index is 2.12. The van der Waals surface area contributed by atoms with Crippen LogP contribution >= 0.6 is 22.9 Å². The van der Waals surface area contributed by atoms with Crippen molar-refractivity contribution in [2.45, 2.75) is 19.4 Å². The standard InChI is InChI=1S/C17H17ClN2O4S/c1-10(21)19-14(11-3-5-12(18)6-4-11)9-15(22)20-13-7-8-25-16(13)17(23)24-2/h3-8,14H,9H2,1-2H3,(H,19,21)(H,20,22). The van der Waals surface area contributed by atoms with Crippen molar-refractivity contribution >= 4 is 46.4 Å².